The third-order valence-corrected chi connectivity index (χ3v) is 2.65. The van der Waals surface area contributed by atoms with Gasteiger partial charge < -0.3 is 4.74 Å². The molecule has 70 valence electrons. The van der Waals surface area contributed by atoms with E-state index in [0.717, 1.165) is 12.8 Å². The molecule has 2 unspecified atom stereocenters. The van der Waals surface area contributed by atoms with Gasteiger partial charge in [0.05, 0.1) is 11.5 Å². The second-order valence-electron chi connectivity index (χ2n) is 3.89. The molecule has 2 atom stereocenters. The van der Waals surface area contributed by atoms with Gasteiger partial charge >= 0.3 is 0 Å². The lowest BCUT2D eigenvalue weighted by molar-refractivity contribution is 0.301. The Balaban J connectivity index is 2.21. The van der Waals surface area contributed by atoms with Crippen molar-refractivity contribution in [2.75, 3.05) is 5.88 Å². The van der Waals surface area contributed by atoms with E-state index >= 15 is 0 Å². The van der Waals surface area contributed by atoms with Crippen molar-refractivity contribution in [1.29, 1.82) is 0 Å². The van der Waals surface area contributed by atoms with E-state index < -0.39 is 0 Å². The second kappa shape index (κ2) is 3.80. The highest BCUT2D eigenvalue weighted by Gasteiger charge is 2.50. The Morgan fingerprint density at radius 3 is 2.67 bits per heavy atom. The van der Waals surface area contributed by atoms with Crippen molar-refractivity contribution in [1.82, 2.24) is 0 Å². The van der Waals surface area contributed by atoms with E-state index in [4.69, 9.17) is 16.3 Å². The third-order valence-electron chi connectivity index (χ3n) is 2.37. The van der Waals surface area contributed by atoms with E-state index in [-0.39, 0.29) is 5.60 Å². The molecule has 0 N–H and O–H groups in total. The summed E-state index contributed by atoms with van der Waals surface area (Å²) in [6, 6.07) is 0. The molecule has 1 nitrogen and oxygen atoms in total. The normalized spacial score (nSPS) is 33.2. The quantitative estimate of drug-likeness (QED) is 0.375. The van der Waals surface area contributed by atoms with Crippen LogP contribution in [-0.2, 0) is 4.74 Å². The molecule has 1 aliphatic heterocycles. The van der Waals surface area contributed by atoms with Crippen molar-refractivity contribution in [3.8, 4) is 0 Å². The highest BCUT2D eigenvalue weighted by molar-refractivity contribution is 6.18. The third kappa shape index (κ3) is 2.49. The molecule has 1 saturated heterocycles. The molecule has 1 rings (SSSR count). The summed E-state index contributed by atoms with van der Waals surface area (Å²) in [5, 5.41) is 0. The molecule has 2 heteroatoms. The monoisotopic (exact) mass is 188 g/mol. The number of halogens is 1. The minimum absolute atomic E-state index is 0.0771. The largest absolute Gasteiger partial charge is 0.365 e. The molecule has 0 spiro atoms. The van der Waals surface area contributed by atoms with E-state index in [2.05, 4.69) is 26.8 Å². The number of ether oxygens (including phenoxy) is 1. The fourth-order valence-corrected chi connectivity index (χ4v) is 1.74. The maximum Gasteiger partial charge on any atom is 0.101 e. The Labute approximate surface area is 79.7 Å². The van der Waals surface area contributed by atoms with Crippen LogP contribution in [0.15, 0.2) is 11.6 Å². The van der Waals surface area contributed by atoms with Gasteiger partial charge in [0, 0.05) is 0 Å². The fourth-order valence-electron chi connectivity index (χ4n) is 1.35. The summed E-state index contributed by atoms with van der Waals surface area (Å²) in [4.78, 5) is 0. The van der Waals surface area contributed by atoms with Crippen molar-refractivity contribution in [3.63, 3.8) is 0 Å². The standard InChI is InChI=1S/C10H17ClO/c1-8(2)5-4-6-10(3)9(7-11)12-10/h5,9H,4,6-7H2,1-3H3. The minimum atomic E-state index is 0.0771. The van der Waals surface area contributed by atoms with Gasteiger partial charge in [-0.05, 0) is 33.6 Å². The number of allylic oxidation sites excluding steroid dienone is 2. The molecule has 0 aromatic carbocycles. The Morgan fingerprint density at radius 2 is 2.25 bits per heavy atom. The fraction of sp³-hybridized carbons (Fsp3) is 0.800. The zero-order chi connectivity index (χ0) is 9.19. The average Bonchev–Trinajstić information content (AvgIpc) is 2.61. The summed E-state index contributed by atoms with van der Waals surface area (Å²) in [7, 11) is 0. The smallest absolute Gasteiger partial charge is 0.101 e. The first kappa shape index (κ1) is 10.1. The molecule has 1 heterocycles. The lowest BCUT2D eigenvalue weighted by atomic mass is 10.0. The lowest BCUT2D eigenvalue weighted by Crippen LogP contribution is -2.09. The predicted molar refractivity (Wildman–Crippen MR) is 52.7 cm³/mol. The molecular formula is C10H17ClO. The van der Waals surface area contributed by atoms with Crippen LogP contribution in [-0.4, -0.2) is 17.6 Å². The van der Waals surface area contributed by atoms with E-state index in [0.29, 0.717) is 12.0 Å². The Hall–Kier alpha value is -0.0100. The van der Waals surface area contributed by atoms with Crippen LogP contribution in [0, 0.1) is 0 Å². The van der Waals surface area contributed by atoms with E-state index in [9.17, 15) is 0 Å². The van der Waals surface area contributed by atoms with Gasteiger partial charge in [-0.15, -0.1) is 11.6 Å². The van der Waals surface area contributed by atoms with Crippen LogP contribution in [0.1, 0.15) is 33.6 Å². The Morgan fingerprint density at radius 1 is 1.58 bits per heavy atom. The molecule has 0 radical (unpaired) electrons. The van der Waals surface area contributed by atoms with Crippen molar-refractivity contribution >= 4 is 11.6 Å². The number of rotatable bonds is 4. The highest BCUT2D eigenvalue weighted by Crippen LogP contribution is 2.40. The topological polar surface area (TPSA) is 12.5 Å². The average molecular weight is 189 g/mol. The molecule has 0 aromatic rings. The van der Waals surface area contributed by atoms with Gasteiger partial charge in [0.25, 0.3) is 0 Å². The molecule has 0 saturated carbocycles. The van der Waals surface area contributed by atoms with Gasteiger partial charge in [0.1, 0.15) is 6.10 Å². The zero-order valence-electron chi connectivity index (χ0n) is 8.06. The minimum Gasteiger partial charge on any atom is -0.365 e. The lowest BCUT2D eigenvalue weighted by Gasteiger charge is -2.02. The molecule has 1 fully saturated rings. The summed E-state index contributed by atoms with van der Waals surface area (Å²) >= 11 is 5.68. The predicted octanol–water partition coefficient (Wildman–Crippen LogP) is 3.13. The van der Waals surface area contributed by atoms with E-state index in [1.807, 2.05) is 0 Å². The van der Waals surface area contributed by atoms with Gasteiger partial charge in [0.2, 0.25) is 0 Å². The second-order valence-corrected chi connectivity index (χ2v) is 4.20. The maximum absolute atomic E-state index is 5.68. The number of epoxide rings is 1. The van der Waals surface area contributed by atoms with Gasteiger partial charge in [-0.1, -0.05) is 11.6 Å². The number of alkyl halides is 1. The van der Waals surface area contributed by atoms with Crippen LogP contribution in [0.5, 0.6) is 0 Å². The molecule has 1 aliphatic rings. The first-order valence-electron chi connectivity index (χ1n) is 4.45. The van der Waals surface area contributed by atoms with Gasteiger partial charge in [-0.3, -0.25) is 0 Å². The summed E-state index contributed by atoms with van der Waals surface area (Å²) in [6.45, 7) is 6.38. The SMILES string of the molecule is CC(C)=CCCC1(C)OC1CCl. The molecule has 12 heavy (non-hydrogen) atoms. The van der Waals surface area contributed by atoms with Gasteiger partial charge in [-0.25, -0.2) is 0 Å². The first-order valence-corrected chi connectivity index (χ1v) is 4.99. The summed E-state index contributed by atoms with van der Waals surface area (Å²) in [5.74, 6) is 0.630. The van der Waals surface area contributed by atoms with Crippen LogP contribution in [0.2, 0.25) is 0 Å². The van der Waals surface area contributed by atoms with Gasteiger partial charge in [-0.2, -0.15) is 0 Å². The number of hydrogen-bond donors (Lipinski definition) is 0. The molecule has 0 amide bonds. The Bertz CT molecular complexity index is 184. The molecule has 0 bridgehead atoms. The summed E-state index contributed by atoms with van der Waals surface area (Å²) < 4.78 is 5.47. The first-order chi connectivity index (χ1) is 5.58. The molecular weight excluding hydrogens is 172 g/mol. The van der Waals surface area contributed by atoms with Crippen LogP contribution in [0.4, 0.5) is 0 Å². The number of hydrogen-bond acceptors (Lipinski definition) is 1. The van der Waals surface area contributed by atoms with Crippen molar-refractivity contribution < 1.29 is 4.74 Å². The summed E-state index contributed by atoms with van der Waals surface area (Å²) in [5.41, 5.74) is 1.45. The van der Waals surface area contributed by atoms with Crippen LogP contribution < -0.4 is 0 Å². The summed E-state index contributed by atoms with van der Waals surface area (Å²) in [6.07, 6.45) is 4.74. The van der Waals surface area contributed by atoms with Crippen molar-refractivity contribution in [2.45, 2.75) is 45.3 Å². The van der Waals surface area contributed by atoms with Crippen molar-refractivity contribution in [2.24, 2.45) is 0 Å². The van der Waals surface area contributed by atoms with Crippen LogP contribution in [0.3, 0.4) is 0 Å². The molecule has 0 aromatic heterocycles. The highest BCUT2D eigenvalue weighted by atomic mass is 35.5. The van der Waals surface area contributed by atoms with Crippen LogP contribution >= 0.6 is 11.6 Å². The van der Waals surface area contributed by atoms with Crippen LogP contribution in [0.25, 0.3) is 0 Å². The van der Waals surface area contributed by atoms with Crippen molar-refractivity contribution in [3.05, 3.63) is 11.6 Å². The maximum atomic E-state index is 5.68. The molecule has 0 aliphatic carbocycles. The Kier molecular flexibility index (Phi) is 3.19. The van der Waals surface area contributed by atoms with E-state index in [1.165, 1.54) is 5.57 Å². The van der Waals surface area contributed by atoms with E-state index in [1.54, 1.807) is 0 Å². The zero-order valence-corrected chi connectivity index (χ0v) is 8.82. The van der Waals surface area contributed by atoms with Gasteiger partial charge in [0.15, 0.2) is 0 Å².